The Bertz CT molecular complexity index is 1480. The van der Waals surface area contributed by atoms with Gasteiger partial charge in [0.15, 0.2) is 11.6 Å². The third kappa shape index (κ3) is 6.95. The lowest BCUT2D eigenvalue weighted by molar-refractivity contribution is -0.140. The van der Waals surface area contributed by atoms with Gasteiger partial charge in [-0.05, 0) is 68.2 Å². The summed E-state index contributed by atoms with van der Waals surface area (Å²) in [5.41, 5.74) is 5.95. The fraction of sp³-hybridized carbons (Fsp3) is 0.367. The smallest absolute Gasteiger partial charge is 0.369 e. The summed E-state index contributed by atoms with van der Waals surface area (Å²) in [5, 5.41) is 0. The van der Waals surface area contributed by atoms with E-state index in [0.717, 1.165) is 33.6 Å². The second-order valence-electron chi connectivity index (χ2n) is 10.6. The number of primary amides is 1. The summed E-state index contributed by atoms with van der Waals surface area (Å²) in [5.74, 6) is -3.83. The van der Waals surface area contributed by atoms with Gasteiger partial charge in [-0.2, -0.15) is 17.5 Å². The number of hydrogen-bond donors (Lipinski definition) is 1. The van der Waals surface area contributed by atoms with Crippen LogP contribution in [0.15, 0.2) is 71.6 Å². The van der Waals surface area contributed by atoms with Crippen molar-refractivity contribution in [3.8, 4) is 0 Å². The fourth-order valence-corrected chi connectivity index (χ4v) is 7.31. The molecule has 4 rings (SSSR count). The number of sulfonamides is 1. The monoisotopic (exact) mass is 594 g/mol. The molecule has 0 heterocycles. The number of halogens is 5. The maximum atomic E-state index is 14.6. The Balaban J connectivity index is 1.61. The average Bonchev–Trinajstić information content (AvgIpc) is 2.92. The lowest BCUT2D eigenvalue weighted by atomic mass is 9.73. The summed E-state index contributed by atoms with van der Waals surface area (Å²) in [6.45, 7) is 1.07. The first-order valence-electron chi connectivity index (χ1n) is 13.2. The molecule has 41 heavy (non-hydrogen) atoms. The van der Waals surface area contributed by atoms with Crippen molar-refractivity contribution < 1.29 is 35.2 Å². The quantitative estimate of drug-likeness (QED) is 0.285. The molecule has 1 saturated carbocycles. The van der Waals surface area contributed by atoms with Crippen LogP contribution in [-0.2, 0) is 27.5 Å². The Morgan fingerprint density at radius 3 is 2.20 bits per heavy atom. The number of carbonyl (C=O) groups excluding carboxylic acids is 1. The van der Waals surface area contributed by atoms with E-state index >= 15 is 0 Å². The molecule has 11 heteroatoms. The molecule has 0 aromatic heterocycles. The van der Waals surface area contributed by atoms with Gasteiger partial charge >= 0.3 is 6.18 Å². The minimum atomic E-state index is -4.95. The van der Waals surface area contributed by atoms with E-state index in [0.29, 0.717) is 31.7 Å². The van der Waals surface area contributed by atoms with E-state index in [4.69, 9.17) is 5.73 Å². The summed E-state index contributed by atoms with van der Waals surface area (Å²) < 4.78 is 98.0. The number of carbonyl (C=O) groups is 1. The first-order valence-corrected chi connectivity index (χ1v) is 14.7. The highest BCUT2D eigenvalue weighted by Crippen LogP contribution is 2.40. The zero-order valence-corrected chi connectivity index (χ0v) is 23.2. The van der Waals surface area contributed by atoms with Gasteiger partial charge in [0.25, 0.3) is 0 Å². The van der Waals surface area contributed by atoms with Gasteiger partial charge in [0.1, 0.15) is 0 Å². The number of alkyl halides is 3. The van der Waals surface area contributed by atoms with Crippen LogP contribution in [0.1, 0.15) is 53.9 Å². The molecule has 1 amide bonds. The molecule has 1 aliphatic carbocycles. The molecule has 0 bridgehead atoms. The van der Waals surface area contributed by atoms with Crippen LogP contribution in [-0.4, -0.2) is 25.2 Å². The highest BCUT2D eigenvalue weighted by atomic mass is 32.2. The van der Waals surface area contributed by atoms with E-state index in [9.17, 15) is 35.2 Å². The van der Waals surface area contributed by atoms with Crippen molar-refractivity contribution >= 4 is 15.9 Å². The summed E-state index contributed by atoms with van der Waals surface area (Å²) in [4.78, 5) is 11.4. The third-order valence-electron chi connectivity index (χ3n) is 7.76. The number of benzene rings is 3. The van der Waals surface area contributed by atoms with Gasteiger partial charge < -0.3 is 5.73 Å². The summed E-state index contributed by atoms with van der Waals surface area (Å²) in [7, 11) is -4.78. The van der Waals surface area contributed by atoms with Gasteiger partial charge in [-0.15, -0.1) is 0 Å². The first-order chi connectivity index (χ1) is 19.3. The number of nitrogens with two attached hydrogens (primary N) is 1. The van der Waals surface area contributed by atoms with E-state index in [-0.39, 0.29) is 23.9 Å². The van der Waals surface area contributed by atoms with Crippen molar-refractivity contribution in [2.45, 2.75) is 56.1 Å². The van der Waals surface area contributed by atoms with Gasteiger partial charge in [0, 0.05) is 18.7 Å². The predicted molar refractivity (Wildman–Crippen MR) is 144 cm³/mol. The zero-order valence-electron chi connectivity index (χ0n) is 22.4. The predicted octanol–water partition coefficient (Wildman–Crippen LogP) is 6.56. The highest BCUT2D eigenvalue weighted by Gasteiger charge is 2.40. The van der Waals surface area contributed by atoms with E-state index in [1.165, 1.54) is 18.2 Å². The minimum Gasteiger partial charge on any atom is -0.369 e. The number of nitrogens with zero attached hydrogens (tertiary/aromatic N) is 1. The molecule has 1 fully saturated rings. The van der Waals surface area contributed by atoms with Gasteiger partial charge in [-0.3, -0.25) is 4.79 Å². The highest BCUT2D eigenvalue weighted by molar-refractivity contribution is 7.89. The normalized spacial score (nSPS) is 18.8. The molecule has 1 atom stereocenters. The molecule has 1 unspecified atom stereocenters. The molecule has 0 aliphatic heterocycles. The molecule has 0 radical (unpaired) electrons. The molecule has 3 aromatic rings. The molecule has 3 aromatic carbocycles. The van der Waals surface area contributed by atoms with Gasteiger partial charge in [-0.1, -0.05) is 54.1 Å². The molecule has 2 N–H and O–H groups in total. The van der Waals surface area contributed by atoms with Crippen molar-refractivity contribution in [3.63, 3.8) is 0 Å². The average molecular weight is 595 g/mol. The maximum absolute atomic E-state index is 14.6. The van der Waals surface area contributed by atoms with Crippen LogP contribution in [0.4, 0.5) is 22.0 Å². The molecule has 220 valence electrons. The maximum Gasteiger partial charge on any atom is 0.417 e. The van der Waals surface area contributed by atoms with Crippen molar-refractivity contribution in [2.75, 3.05) is 6.54 Å². The van der Waals surface area contributed by atoms with Crippen molar-refractivity contribution in [2.24, 2.45) is 17.6 Å². The Kier molecular flexibility index (Phi) is 9.18. The lowest BCUT2D eigenvalue weighted by Crippen LogP contribution is -2.38. The van der Waals surface area contributed by atoms with Crippen LogP contribution in [0.5, 0.6) is 0 Å². The van der Waals surface area contributed by atoms with E-state index in [1.807, 2.05) is 31.2 Å². The lowest BCUT2D eigenvalue weighted by Gasteiger charge is -2.35. The minimum absolute atomic E-state index is 0.0943. The Hall–Kier alpha value is -3.31. The standard InChI is InChI=1S/C30H31F5N2O3S/c1-19-9-13-21(14-10-19)27(29(36)38)22-15-11-20(12-16-22)17-37(18-23-5-4-7-25(31)28(23)32)41(39,40)26-8-3-2-6-24(26)30(33,34)35/h2-10,13-14,20,22,27H,11-12,15-18H2,1H3,(H2,36,38). The summed E-state index contributed by atoms with van der Waals surface area (Å²) in [6, 6.07) is 14.6. The molecular weight excluding hydrogens is 563 g/mol. The van der Waals surface area contributed by atoms with Crippen molar-refractivity contribution in [1.29, 1.82) is 0 Å². The molecule has 0 saturated heterocycles. The largest absolute Gasteiger partial charge is 0.417 e. The molecule has 0 spiro atoms. The fourth-order valence-electron chi connectivity index (χ4n) is 5.61. The number of aryl methyl sites for hydroxylation is 1. The SMILES string of the molecule is Cc1ccc(C(C(N)=O)C2CCC(CN(Cc3cccc(F)c3F)S(=O)(=O)c3ccccc3C(F)(F)F)CC2)cc1. The van der Waals surface area contributed by atoms with Crippen molar-refractivity contribution in [1.82, 2.24) is 4.31 Å². The van der Waals surface area contributed by atoms with E-state index < -0.39 is 56.7 Å². The Labute approximate surface area is 236 Å². The Morgan fingerprint density at radius 1 is 0.951 bits per heavy atom. The zero-order chi connectivity index (χ0) is 29.9. The van der Waals surface area contributed by atoms with Gasteiger partial charge in [-0.25, -0.2) is 17.2 Å². The van der Waals surface area contributed by atoms with Crippen LogP contribution in [0.3, 0.4) is 0 Å². The van der Waals surface area contributed by atoms with Crippen molar-refractivity contribution in [3.05, 3.63) is 101 Å². The van der Waals surface area contributed by atoms with E-state index in [2.05, 4.69) is 0 Å². The first kappa shape index (κ1) is 30.6. The number of rotatable bonds is 9. The Morgan fingerprint density at radius 2 is 1.59 bits per heavy atom. The third-order valence-corrected chi connectivity index (χ3v) is 9.63. The van der Waals surface area contributed by atoms with Crippen LogP contribution in [0.25, 0.3) is 0 Å². The number of amides is 1. The second-order valence-corrected chi connectivity index (χ2v) is 12.5. The second kappa shape index (κ2) is 12.3. The summed E-state index contributed by atoms with van der Waals surface area (Å²) in [6.07, 6.45) is -2.93. The van der Waals surface area contributed by atoms with Crippen LogP contribution < -0.4 is 5.73 Å². The topological polar surface area (TPSA) is 80.5 Å². The van der Waals surface area contributed by atoms with Crippen LogP contribution in [0.2, 0.25) is 0 Å². The summed E-state index contributed by atoms with van der Waals surface area (Å²) >= 11 is 0. The molecule has 5 nitrogen and oxygen atoms in total. The van der Waals surface area contributed by atoms with Crippen LogP contribution in [0, 0.1) is 30.4 Å². The molecule has 1 aliphatic rings. The van der Waals surface area contributed by atoms with Gasteiger partial charge in [0.05, 0.1) is 16.4 Å². The molecular formula is C30H31F5N2O3S. The van der Waals surface area contributed by atoms with Crippen LogP contribution >= 0.6 is 0 Å². The number of hydrogen-bond acceptors (Lipinski definition) is 3. The van der Waals surface area contributed by atoms with E-state index in [1.54, 1.807) is 0 Å². The van der Waals surface area contributed by atoms with Gasteiger partial charge in [0.2, 0.25) is 15.9 Å².